The molecule has 0 aromatic carbocycles. The molecule has 0 fully saturated rings. The largest absolute Gasteiger partial charge is 0.288 e. The Morgan fingerprint density at radius 2 is 1.68 bits per heavy atom. The van der Waals surface area contributed by atoms with Gasteiger partial charge in [0.15, 0.2) is 5.78 Å². The number of hydrogen-bond acceptors (Lipinski definition) is 4. The Bertz CT molecular complexity index is 640. The smallest absolute Gasteiger partial charge is 0.214 e. The highest BCUT2D eigenvalue weighted by Crippen LogP contribution is 2.39. The quantitative estimate of drug-likeness (QED) is 0.700. The summed E-state index contributed by atoms with van der Waals surface area (Å²) in [4.78, 5) is 28.3. The molecule has 0 N–H and O–H groups in total. The highest BCUT2D eigenvalue weighted by atomic mass is 32.1. The van der Waals surface area contributed by atoms with E-state index in [2.05, 4.69) is 13.8 Å². The lowest BCUT2D eigenvalue weighted by Crippen LogP contribution is -2.15. The number of carbonyl (C=O) groups is 2. The predicted octanol–water partition coefficient (Wildman–Crippen LogP) is 4.41. The van der Waals surface area contributed by atoms with Crippen LogP contribution in [0.3, 0.4) is 0 Å². The summed E-state index contributed by atoms with van der Waals surface area (Å²) in [6.07, 6.45) is 1.02. The lowest BCUT2D eigenvalue weighted by Gasteiger charge is -2.08. The molecule has 2 heterocycles. The molecule has 0 saturated heterocycles. The number of thiophene rings is 2. The van der Waals surface area contributed by atoms with E-state index in [4.69, 9.17) is 0 Å². The van der Waals surface area contributed by atoms with Crippen LogP contribution in [0.4, 0.5) is 0 Å². The monoisotopic (exact) mass is 290 g/mol. The van der Waals surface area contributed by atoms with E-state index in [-0.39, 0.29) is 11.6 Å². The molecular formula is C15H14O2S2. The minimum atomic E-state index is 0.0137. The molecule has 2 aromatic heterocycles. The van der Waals surface area contributed by atoms with E-state index in [1.807, 2.05) is 19.1 Å². The highest BCUT2D eigenvalue weighted by Gasteiger charge is 2.34. The van der Waals surface area contributed by atoms with E-state index in [0.717, 1.165) is 16.2 Å². The van der Waals surface area contributed by atoms with Crippen molar-refractivity contribution < 1.29 is 9.59 Å². The van der Waals surface area contributed by atoms with Crippen molar-refractivity contribution in [1.82, 2.24) is 0 Å². The fourth-order valence-corrected chi connectivity index (χ4v) is 4.55. The lowest BCUT2D eigenvalue weighted by molar-refractivity contribution is 0.0986. The minimum absolute atomic E-state index is 0.0137. The summed E-state index contributed by atoms with van der Waals surface area (Å²) in [7, 11) is 0. The molecule has 0 spiro atoms. The van der Waals surface area contributed by atoms with Gasteiger partial charge < -0.3 is 0 Å². The molecule has 98 valence electrons. The van der Waals surface area contributed by atoms with Gasteiger partial charge in [-0.3, -0.25) is 9.59 Å². The Morgan fingerprint density at radius 1 is 1.05 bits per heavy atom. The van der Waals surface area contributed by atoms with Gasteiger partial charge in [-0.1, -0.05) is 13.8 Å². The molecule has 0 aliphatic heterocycles. The predicted molar refractivity (Wildman–Crippen MR) is 78.9 cm³/mol. The molecule has 0 bridgehead atoms. The van der Waals surface area contributed by atoms with Gasteiger partial charge in [0, 0.05) is 20.9 Å². The van der Waals surface area contributed by atoms with E-state index in [1.54, 1.807) is 0 Å². The molecule has 3 rings (SSSR count). The van der Waals surface area contributed by atoms with Gasteiger partial charge in [0.2, 0.25) is 5.78 Å². The summed E-state index contributed by atoms with van der Waals surface area (Å²) in [6.45, 7) is 6.18. The molecule has 0 saturated carbocycles. The molecule has 1 atom stereocenters. The van der Waals surface area contributed by atoms with Crippen molar-refractivity contribution in [2.45, 2.75) is 33.1 Å². The Balaban J connectivity index is 2.16. The van der Waals surface area contributed by atoms with Gasteiger partial charge in [-0.2, -0.15) is 0 Å². The van der Waals surface area contributed by atoms with Crippen LogP contribution in [0.5, 0.6) is 0 Å². The van der Waals surface area contributed by atoms with Crippen LogP contribution < -0.4 is 0 Å². The topological polar surface area (TPSA) is 34.1 Å². The maximum absolute atomic E-state index is 12.5. The number of hydrogen-bond donors (Lipinski definition) is 0. The first-order chi connectivity index (χ1) is 9.02. The molecule has 2 nitrogen and oxygen atoms in total. The molecular weight excluding hydrogens is 276 g/mol. The first-order valence-electron chi connectivity index (χ1n) is 6.36. The van der Waals surface area contributed by atoms with Crippen molar-refractivity contribution in [2.24, 2.45) is 0 Å². The van der Waals surface area contributed by atoms with Gasteiger partial charge in [0.25, 0.3) is 0 Å². The van der Waals surface area contributed by atoms with Crippen molar-refractivity contribution in [1.29, 1.82) is 0 Å². The van der Waals surface area contributed by atoms with Crippen molar-refractivity contribution in [3.63, 3.8) is 0 Å². The van der Waals surface area contributed by atoms with Crippen LogP contribution in [-0.2, 0) is 0 Å². The summed E-state index contributed by atoms with van der Waals surface area (Å²) in [5, 5.41) is 0. The Morgan fingerprint density at radius 3 is 2.37 bits per heavy atom. The molecule has 0 amide bonds. The zero-order valence-electron chi connectivity index (χ0n) is 11.1. The molecule has 2 aromatic rings. The number of fused-ring (bicyclic) bond motifs is 2. The Labute approximate surface area is 120 Å². The van der Waals surface area contributed by atoms with Crippen LogP contribution in [0.1, 0.15) is 66.4 Å². The number of rotatable bonds is 2. The second kappa shape index (κ2) is 4.39. The zero-order chi connectivity index (χ0) is 13.7. The van der Waals surface area contributed by atoms with Crippen LogP contribution in [-0.4, -0.2) is 11.6 Å². The lowest BCUT2D eigenvalue weighted by atomic mass is 9.94. The normalized spacial score (nSPS) is 15.3. The molecule has 1 aliphatic rings. The van der Waals surface area contributed by atoms with Crippen molar-refractivity contribution in [3.8, 4) is 0 Å². The van der Waals surface area contributed by atoms with Crippen LogP contribution in [0.25, 0.3) is 0 Å². The third-order valence-electron chi connectivity index (χ3n) is 3.61. The molecule has 1 aliphatic carbocycles. The summed E-state index contributed by atoms with van der Waals surface area (Å²) in [5.74, 6) is 0.443. The maximum Gasteiger partial charge on any atom is 0.214 e. The fourth-order valence-electron chi connectivity index (χ4n) is 2.29. The third kappa shape index (κ3) is 1.82. The number of ketones is 2. The van der Waals surface area contributed by atoms with Gasteiger partial charge >= 0.3 is 0 Å². The summed E-state index contributed by atoms with van der Waals surface area (Å²) < 4.78 is 0. The van der Waals surface area contributed by atoms with E-state index >= 15 is 0 Å². The van der Waals surface area contributed by atoms with E-state index in [1.165, 1.54) is 22.7 Å². The van der Waals surface area contributed by atoms with Crippen LogP contribution in [0.2, 0.25) is 0 Å². The number of aryl methyl sites for hydroxylation is 1. The van der Waals surface area contributed by atoms with E-state index in [9.17, 15) is 9.59 Å². The average Bonchev–Trinajstić information content (AvgIpc) is 2.99. The first-order valence-corrected chi connectivity index (χ1v) is 7.99. The molecule has 4 heteroatoms. The maximum atomic E-state index is 12.5. The van der Waals surface area contributed by atoms with Crippen LogP contribution in [0, 0.1) is 6.92 Å². The Hall–Kier alpha value is -1.26. The molecule has 0 radical (unpaired) electrons. The van der Waals surface area contributed by atoms with Crippen LogP contribution >= 0.6 is 22.7 Å². The van der Waals surface area contributed by atoms with Gasteiger partial charge in [0.1, 0.15) is 0 Å². The molecule has 19 heavy (non-hydrogen) atoms. The standard InChI is InChI=1S/C15H14O2S2/c1-4-7(2)11-6-10-12(16)9-5-8(3)18-14(9)13(17)15(10)19-11/h5-7H,4H2,1-3H3. The summed E-state index contributed by atoms with van der Waals surface area (Å²) in [5.41, 5.74) is 1.20. The SMILES string of the molecule is CCC(C)c1cc2c(s1)C(=O)c1sc(C)cc1C2=O. The minimum Gasteiger partial charge on any atom is -0.288 e. The van der Waals surface area contributed by atoms with Gasteiger partial charge in [-0.05, 0) is 31.4 Å². The fraction of sp³-hybridized carbons (Fsp3) is 0.333. The second-order valence-corrected chi connectivity index (χ2v) is 7.30. The van der Waals surface area contributed by atoms with Crippen molar-refractivity contribution in [2.75, 3.05) is 0 Å². The van der Waals surface area contributed by atoms with Gasteiger partial charge in [0.05, 0.1) is 9.75 Å². The van der Waals surface area contributed by atoms with Gasteiger partial charge in [-0.25, -0.2) is 0 Å². The zero-order valence-corrected chi connectivity index (χ0v) is 12.7. The summed E-state index contributed by atoms with van der Waals surface area (Å²) in [6, 6.07) is 3.76. The van der Waals surface area contributed by atoms with E-state index < -0.39 is 0 Å². The number of carbonyl (C=O) groups excluding carboxylic acids is 2. The Kier molecular flexibility index (Phi) is 2.95. The van der Waals surface area contributed by atoms with Crippen molar-refractivity contribution >= 4 is 34.2 Å². The third-order valence-corrected chi connectivity index (χ3v) is 6.02. The highest BCUT2D eigenvalue weighted by molar-refractivity contribution is 7.18. The van der Waals surface area contributed by atoms with Gasteiger partial charge in [-0.15, -0.1) is 22.7 Å². The van der Waals surface area contributed by atoms with Crippen molar-refractivity contribution in [3.05, 3.63) is 42.8 Å². The second-order valence-electron chi connectivity index (χ2n) is 4.96. The average molecular weight is 290 g/mol. The first kappa shape index (κ1) is 12.8. The molecule has 1 unspecified atom stereocenters. The summed E-state index contributed by atoms with van der Waals surface area (Å²) >= 11 is 2.91. The van der Waals surface area contributed by atoms with E-state index in [0.29, 0.717) is 26.8 Å². The van der Waals surface area contributed by atoms with Crippen LogP contribution in [0.15, 0.2) is 12.1 Å².